The molecule has 10 heteroatoms. The van der Waals surface area contributed by atoms with Crippen molar-refractivity contribution in [2.24, 2.45) is 5.92 Å². The third-order valence-corrected chi connectivity index (χ3v) is 7.67. The van der Waals surface area contributed by atoms with Gasteiger partial charge in [-0.05, 0) is 31.6 Å². The summed E-state index contributed by atoms with van der Waals surface area (Å²) in [7, 11) is 0. The standard InChI is InChI=1S/C23H31N5O5/c29-22(30)18-16-17(33-23(32-16)9-5-2-6-10-23)21(31-18)28-13-27-15-19(25-12-26-20(15)28)24-11-14-7-3-1-4-8-14/h12-14,16-18,21H,1-11H2,(H,29,30)(H,24,25,26)/t16?,17-,18-,21+/m0/s1. The summed E-state index contributed by atoms with van der Waals surface area (Å²) in [6.07, 6.45) is 11.3. The number of fused-ring (bicyclic) bond motifs is 2. The first-order valence-electron chi connectivity index (χ1n) is 12.3. The Morgan fingerprint density at radius 2 is 1.82 bits per heavy atom. The van der Waals surface area contributed by atoms with E-state index in [1.54, 1.807) is 10.9 Å². The van der Waals surface area contributed by atoms with Crippen LogP contribution < -0.4 is 5.32 Å². The van der Waals surface area contributed by atoms with Crippen LogP contribution in [0.5, 0.6) is 0 Å². The first-order valence-corrected chi connectivity index (χ1v) is 12.3. The number of carboxylic acids is 1. The second-order valence-corrected chi connectivity index (χ2v) is 9.85. The molecule has 2 aromatic rings. The minimum Gasteiger partial charge on any atom is -0.479 e. The third-order valence-electron chi connectivity index (χ3n) is 7.67. The number of nitrogens with zero attached hydrogens (tertiary/aromatic N) is 4. The Morgan fingerprint density at radius 3 is 2.61 bits per heavy atom. The number of aromatic nitrogens is 4. The molecule has 1 spiro atoms. The number of hydrogen-bond acceptors (Lipinski definition) is 8. The number of carbonyl (C=O) groups is 1. The normalized spacial score (nSPS) is 31.8. The van der Waals surface area contributed by atoms with Crippen LogP contribution in [0.1, 0.15) is 70.4 Å². The van der Waals surface area contributed by atoms with Crippen molar-refractivity contribution < 1.29 is 24.1 Å². The summed E-state index contributed by atoms with van der Waals surface area (Å²) in [6, 6.07) is 0. The Morgan fingerprint density at radius 1 is 1.06 bits per heavy atom. The van der Waals surface area contributed by atoms with E-state index >= 15 is 0 Å². The predicted octanol–water partition coefficient (Wildman–Crippen LogP) is 3.24. The van der Waals surface area contributed by atoms with E-state index in [1.165, 1.54) is 38.4 Å². The lowest BCUT2D eigenvalue weighted by Gasteiger charge is -2.33. The molecule has 0 amide bonds. The molecule has 4 fully saturated rings. The Kier molecular flexibility index (Phi) is 5.46. The fourth-order valence-corrected chi connectivity index (χ4v) is 5.97. The minimum atomic E-state index is -1.09. The van der Waals surface area contributed by atoms with Gasteiger partial charge in [-0.15, -0.1) is 0 Å². The molecule has 2 saturated carbocycles. The number of imidazole rings is 1. The molecule has 2 N–H and O–H groups in total. The van der Waals surface area contributed by atoms with Crippen molar-refractivity contribution in [1.29, 1.82) is 0 Å². The van der Waals surface area contributed by atoms with Crippen LogP contribution in [0, 0.1) is 5.92 Å². The Balaban J connectivity index is 1.27. The second kappa shape index (κ2) is 8.48. The topological polar surface area (TPSA) is 121 Å². The molecule has 1 unspecified atom stereocenters. The van der Waals surface area contributed by atoms with Crippen molar-refractivity contribution in [3.8, 4) is 0 Å². The Hall–Kier alpha value is -2.30. The van der Waals surface area contributed by atoms with E-state index in [0.29, 0.717) is 22.9 Å². The fourth-order valence-electron chi connectivity index (χ4n) is 5.97. The van der Waals surface area contributed by atoms with E-state index < -0.39 is 36.3 Å². The van der Waals surface area contributed by atoms with Crippen LogP contribution >= 0.6 is 0 Å². The van der Waals surface area contributed by atoms with Crippen molar-refractivity contribution in [1.82, 2.24) is 19.5 Å². The molecule has 0 bridgehead atoms. The average molecular weight is 458 g/mol. The van der Waals surface area contributed by atoms with Gasteiger partial charge in [-0.1, -0.05) is 25.7 Å². The molecule has 2 aliphatic carbocycles. The highest BCUT2D eigenvalue weighted by molar-refractivity contribution is 5.82. The summed E-state index contributed by atoms with van der Waals surface area (Å²) in [5.41, 5.74) is 1.25. The van der Waals surface area contributed by atoms with Crippen LogP contribution in [-0.2, 0) is 19.0 Å². The van der Waals surface area contributed by atoms with Gasteiger partial charge < -0.3 is 24.6 Å². The zero-order chi connectivity index (χ0) is 22.4. The maximum atomic E-state index is 12.0. The SMILES string of the molecule is O=C(O)[C@H]1O[C@@H](n2cnc3c(NCC4CCCCC4)ncnc32)[C@H]2OC3(CCCCC3)OC12. The van der Waals surface area contributed by atoms with Gasteiger partial charge in [0.1, 0.15) is 18.5 Å². The third kappa shape index (κ3) is 3.77. The van der Waals surface area contributed by atoms with Gasteiger partial charge in [0.05, 0.1) is 6.33 Å². The maximum absolute atomic E-state index is 12.0. The van der Waals surface area contributed by atoms with Gasteiger partial charge in [-0.3, -0.25) is 4.57 Å². The van der Waals surface area contributed by atoms with Gasteiger partial charge >= 0.3 is 5.97 Å². The number of nitrogens with one attached hydrogen (secondary N) is 1. The van der Waals surface area contributed by atoms with Crippen LogP contribution in [0.2, 0.25) is 0 Å². The van der Waals surface area contributed by atoms with E-state index in [1.807, 2.05) is 0 Å². The number of anilines is 1. The minimum absolute atomic E-state index is 0.532. The lowest BCUT2D eigenvalue weighted by Crippen LogP contribution is -2.38. The zero-order valence-electron chi connectivity index (χ0n) is 18.7. The molecule has 2 saturated heterocycles. The van der Waals surface area contributed by atoms with Crippen LogP contribution in [0.25, 0.3) is 11.2 Å². The molecule has 4 atom stereocenters. The smallest absolute Gasteiger partial charge is 0.335 e. The first kappa shape index (κ1) is 21.2. The van der Waals surface area contributed by atoms with Gasteiger partial charge in [-0.2, -0.15) is 0 Å². The number of ether oxygens (including phenoxy) is 3. The monoisotopic (exact) mass is 457 g/mol. The Labute approximate surface area is 192 Å². The van der Waals surface area contributed by atoms with Crippen LogP contribution in [-0.4, -0.2) is 61.2 Å². The van der Waals surface area contributed by atoms with E-state index in [-0.39, 0.29) is 0 Å². The van der Waals surface area contributed by atoms with Crippen molar-refractivity contribution in [3.05, 3.63) is 12.7 Å². The molecule has 4 aliphatic rings. The van der Waals surface area contributed by atoms with Crippen LogP contribution in [0.15, 0.2) is 12.7 Å². The number of rotatable bonds is 5. The van der Waals surface area contributed by atoms with Gasteiger partial charge in [0.2, 0.25) is 0 Å². The van der Waals surface area contributed by atoms with E-state index in [4.69, 9.17) is 14.2 Å². The number of hydrogen-bond donors (Lipinski definition) is 2. The molecule has 178 valence electrons. The van der Waals surface area contributed by atoms with Crippen LogP contribution in [0.4, 0.5) is 5.82 Å². The summed E-state index contributed by atoms with van der Waals surface area (Å²) in [5, 5.41) is 13.3. The highest BCUT2D eigenvalue weighted by Gasteiger charge is 2.61. The fraction of sp³-hybridized carbons (Fsp3) is 0.739. The molecular weight excluding hydrogens is 426 g/mol. The van der Waals surface area contributed by atoms with Crippen molar-refractivity contribution in [2.75, 3.05) is 11.9 Å². The molecule has 0 aromatic carbocycles. The first-order chi connectivity index (χ1) is 16.1. The number of carboxylic acid groups (broad SMARTS) is 1. The van der Waals surface area contributed by atoms with Crippen molar-refractivity contribution in [3.63, 3.8) is 0 Å². The molecular formula is C23H31N5O5. The van der Waals surface area contributed by atoms with Crippen molar-refractivity contribution >= 4 is 23.0 Å². The second-order valence-electron chi connectivity index (χ2n) is 9.85. The summed E-state index contributed by atoms with van der Waals surface area (Å²) in [6.45, 7) is 0.865. The maximum Gasteiger partial charge on any atom is 0.335 e. The van der Waals surface area contributed by atoms with Gasteiger partial charge in [0.25, 0.3) is 0 Å². The van der Waals surface area contributed by atoms with E-state index in [9.17, 15) is 9.90 Å². The summed E-state index contributed by atoms with van der Waals surface area (Å²) >= 11 is 0. The molecule has 2 aliphatic heterocycles. The van der Waals surface area contributed by atoms with Crippen molar-refractivity contribution in [2.45, 2.75) is 94.5 Å². The molecule has 2 aromatic heterocycles. The summed E-state index contributed by atoms with van der Waals surface area (Å²) in [5.74, 6) is -0.405. The summed E-state index contributed by atoms with van der Waals surface area (Å²) in [4.78, 5) is 25.4. The summed E-state index contributed by atoms with van der Waals surface area (Å²) < 4.78 is 20.4. The highest BCUT2D eigenvalue weighted by Crippen LogP contribution is 2.49. The van der Waals surface area contributed by atoms with E-state index in [0.717, 1.165) is 38.6 Å². The lowest BCUT2D eigenvalue weighted by atomic mass is 9.89. The van der Waals surface area contributed by atoms with Crippen LogP contribution in [0.3, 0.4) is 0 Å². The quantitative estimate of drug-likeness (QED) is 0.697. The largest absolute Gasteiger partial charge is 0.479 e. The molecule has 33 heavy (non-hydrogen) atoms. The van der Waals surface area contributed by atoms with Gasteiger partial charge in [0, 0.05) is 19.4 Å². The molecule has 0 radical (unpaired) electrons. The van der Waals surface area contributed by atoms with Gasteiger partial charge in [0.15, 0.2) is 35.1 Å². The molecule has 4 heterocycles. The van der Waals surface area contributed by atoms with Gasteiger partial charge in [-0.25, -0.2) is 19.7 Å². The average Bonchev–Trinajstić information content (AvgIpc) is 3.51. The highest BCUT2D eigenvalue weighted by atomic mass is 16.8. The molecule has 6 rings (SSSR count). The van der Waals surface area contributed by atoms with E-state index in [2.05, 4.69) is 20.3 Å². The lowest BCUT2D eigenvalue weighted by molar-refractivity contribution is -0.231. The Bertz CT molecular complexity index is 1020. The number of aliphatic carboxylic acids is 1. The zero-order valence-corrected chi connectivity index (χ0v) is 18.7. The molecule has 10 nitrogen and oxygen atoms in total. The predicted molar refractivity (Wildman–Crippen MR) is 117 cm³/mol.